The number of fused-ring (bicyclic) bond motifs is 1. The molecule has 5 rings (SSSR count). The number of rotatable bonds is 4. The summed E-state index contributed by atoms with van der Waals surface area (Å²) in [6.45, 7) is 2.08. The van der Waals surface area contributed by atoms with Gasteiger partial charge in [-0.3, -0.25) is 15.0 Å². The second-order valence-electron chi connectivity index (χ2n) is 10.3. The number of amides is 1. The number of nitrogens with zero attached hydrogens (tertiary/aromatic N) is 2. The van der Waals surface area contributed by atoms with Crippen molar-refractivity contribution in [3.63, 3.8) is 0 Å². The Labute approximate surface area is 203 Å². The van der Waals surface area contributed by atoms with Gasteiger partial charge in [0.1, 0.15) is 30.7 Å². The lowest BCUT2D eigenvalue weighted by molar-refractivity contribution is -0.159. The zero-order valence-corrected chi connectivity index (χ0v) is 19.7. The van der Waals surface area contributed by atoms with E-state index in [0.29, 0.717) is 30.5 Å². The van der Waals surface area contributed by atoms with E-state index in [2.05, 4.69) is 15.5 Å². The summed E-state index contributed by atoms with van der Waals surface area (Å²) in [5.74, 6) is -0.799. The van der Waals surface area contributed by atoms with Crippen molar-refractivity contribution in [1.82, 2.24) is 20.4 Å². The number of nitrogens with one attached hydrogen (secondary N) is 2. The van der Waals surface area contributed by atoms with Crippen molar-refractivity contribution in [2.75, 3.05) is 19.6 Å². The number of nitrogens with two attached hydrogens (primary N) is 1. The van der Waals surface area contributed by atoms with Gasteiger partial charge in [-0.1, -0.05) is 0 Å². The second kappa shape index (κ2) is 9.98. The molecule has 0 bridgehead atoms. The van der Waals surface area contributed by atoms with Gasteiger partial charge < -0.3 is 31.5 Å². The van der Waals surface area contributed by atoms with E-state index in [1.165, 1.54) is 11.0 Å². The summed E-state index contributed by atoms with van der Waals surface area (Å²) in [4.78, 5) is 15.2. The summed E-state index contributed by atoms with van der Waals surface area (Å²) in [6, 6.07) is 2.27. The first kappa shape index (κ1) is 25.0. The maximum absolute atomic E-state index is 15.5. The number of hydrogen-bond donors (Lipinski definition) is 7. The summed E-state index contributed by atoms with van der Waals surface area (Å²) in [7, 11) is 0. The predicted octanol–water partition coefficient (Wildman–Crippen LogP) is -0.498. The first-order valence-corrected chi connectivity index (χ1v) is 12.6. The van der Waals surface area contributed by atoms with Crippen LogP contribution in [-0.2, 0) is 4.79 Å². The topological polar surface area (TPSA) is 155 Å². The maximum atomic E-state index is 15.5. The molecule has 3 heterocycles. The van der Waals surface area contributed by atoms with Crippen LogP contribution in [0.25, 0.3) is 0 Å². The van der Waals surface area contributed by atoms with Crippen molar-refractivity contribution < 1.29 is 29.6 Å². The number of piperidine rings is 1. The van der Waals surface area contributed by atoms with Gasteiger partial charge in [0.05, 0.1) is 12.1 Å². The monoisotopic (exact) mass is 493 g/mol. The molecule has 1 aromatic carbocycles. The molecule has 6 atom stereocenters. The highest BCUT2D eigenvalue weighted by Crippen LogP contribution is 2.45. The first-order chi connectivity index (χ1) is 16.8. The Kier molecular flexibility index (Phi) is 7.12. The summed E-state index contributed by atoms with van der Waals surface area (Å²) < 4.78 is 15.5. The average Bonchev–Trinajstić information content (AvgIpc) is 3.08. The molecule has 0 spiro atoms. The molecule has 3 aliphatic heterocycles. The van der Waals surface area contributed by atoms with Crippen LogP contribution < -0.4 is 16.4 Å². The standard InChI is InChI=1S/C24H36FN5O5/c25-17-10-15-14(23(34)30(24(15)35)18-5-6-20(31)28-22(18)33)9-16(17)19-11-27-7-8-29(19)13-3-1-12(2-4-13)21(26)32/h9-10,12-13,18-20,22-24,27-28,31,33-35H,1-8,11H2,(H2,26,32). The van der Waals surface area contributed by atoms with Crippen LogP contribution in [0.3, 0.4) is 0 Å². The number of carbonyl (C=O) groups is 1. The molecule has 0 radical (unpaired) electrons. The van der Waals surface area contributed by atoms with Crippen molar-refractivity contribution >= 4 is 5.91 Å². The highest BCUT2D eigenvalue weighted by molar-refractivity contribution is 5.76. The van der Waals surface area contributed by atoms with Crippen molar-refractivity contribution in [1.29, 1.82) is 0 Å². The second-order valence-corrected chi connectivity index (χ2v) is 10.3. The van der Waals surface area contributed by atoms with Gasteiger partial charge in [0.2, 0.25) is 5.91 Å². The van der Waals surface area contributed by atoms with Crippen LogP contribution in [0.2, 0.25) is 0 Å². The van der Waals surface area contributed by atoms with Crippen LogP contribution in [0.4, 0.5) is 4.39 Å². The van der Waals surface area contributed by atoms with E-state index < -0.39 is 36.8 Å². The van der Waals surface area contributed by atoms with Crippen LogP contribution in [-0.4, -0.2) is 80.3 Å². The maximum Gasteiger partial charge on any atom is 0.220 e. The Hall–Kier alpha value is -1.70. The lowest BCUT2D eigenvalue weighted by Crippen LogP contribution is -2.57. The van der Waals surface area contributed by atoms with Gasteiger partial charge >= 0.3 is 0 Å². The Morgan fingerprint density at radius 2 is 1.66 bits per heavy atom. The molecule has 1 amide bonds. The highest BCUT2D eigenvalue weighted by atomic mass is 19.1. The molecule has 194 valence electrons. The van der Waals surface area contributed by atoms with E-state index in [4.69, 9.17) is 5.73 Å². The molecule has 2 saturated heterocycles. The SMILES string of the molecule is NC(=O)C1CCC(N2CCNCC2c2cc3c(cc2F)C(O)N(C2CCC(O)NC2O)C3O)CC1. The fourth-order valence-electron chi connectivity index (χ4n) is 6.47. The summed E-state index contributed by atoms with van der Waals surface area (Å²) >= 11 is 0. The summed E-state index contributed by atoms with van der Waals surface area (Å²) in [5, 5.41) is 48.2. The normalized spacial score (nSPS) is 38.9. The molecule has 10 nitrogen and oxygen atoms in total. The zero-order chi connectivity index (χ0) is 24.9. The molecule has 8 N–H and O–H groups in total. The molecule has 1 saturated carbocycles. The van der Waals surface area contributed by atoms with Gasteiger partial charge in [-0.2, -0.15) is 0 Å². The zero-order valence-electron chi connectivity index (χ0n) is 19.7. The Morgan fingerprint density at radius 1 is 0.971 bits per heavy atom. The third-order valence-electron chi connectivity index (χ3n) is 8.38. The minimum absolute atomic E-state index is 0.0993. The van der Waals surface area contributed by atoms with E-state index in [1.54, 1.807) is 6.07 Å². The van der Waals surface area contributed by atoms with Gasteiger partial charge in [0.15, 0.2) is 0 Å². The molecule has 1 aliphatic carbocycles. The molecule has 35 heavy (non-hydrogen) atoms. The number of halogens is 1. The molecule has 4 aliphatic rings. The number of piperazine rings is 1. The number of carbonyl (C=O) groups excluding carboxylic acids is 1. The Balaban J connectivity index is 1.39. The lowest BCUT2D eigenvalue weighted by Gasteiger charge is -2.44. The fourth-order valence-corrected chi connectivity index (χ4v) is 6.47. The number of aliphatic hydroxyl groups is 4. The van der Waals surface area contributed by atoms with Crippen LogP contribution in [0.15, 0.2) is 12.1 Å². The lowest BCUT2D eigenvalue weighted by atomic mass is 9.83. The van der Waals surface area contributed by atoms with E-state index >= 15 is 4.39 Å². The molecule has 1 aromatic rings. The number of hydrogen-bond acceptors (Lipinski definition) is 9. The third kappa shape index (κ3) is 4.60. The van der Waals surface area contributed by atoms with Crippen LogP contribution >= 0.6 is 0 Å². The Morgan fingerprint density at radius 3 is 2.31 bits per heavy atom. The average molecular weight is 494 g/mol. The summed E-state index contributed by atoms with van der Waals surface area (Å²) in [5.41, 5.74) is 6.66. The number of aliphatic hydroxyl groups excluding tert-OH is 4. The van der Waals surface area contributed by atoms with Crippen molar-refractivity contribution in [3.8, 4) is 0 Å². The van der Waals surface area contributed by atoms with Crippen molar-refractivity contribution in [3.05, 3.63) is 34.6 Å². The molecule has 6 unspecified atom stereocenters. The smallest absolute Gasteiger partial charge is 0.220 e. The molecular weight excluding hydrogens is 457 g/mol. The van der Waals surface area contributed by atoms with Crippen molar-refractivity contribution in [2.24, 2.45) is 11.7 Å². The molecule has 0 aromatic heterocycles. The Bertz CT molecular complexity index is 945. The molecule has 11 heteroatoms. The quantitative estimate of drug-likeness (QED) is 0.294. The van der Waals surface area contributed by atoms with E-state index in [0.717, 1.165) is 38.8 Å². The molecular formula is C24H36FN5O5. The van der Waals surface area contributed by atoms with Crippen LogP contribution in [0.1, 0.15) is 73.7 Å². The highest BCUT2D eigenvalue weighted by Gasteiger charge is 2.46. The minimum atomic E-state index is -1.27. The van der Waals surface area contributed by atoms with Gasteiger partial charge in [-0.25, -0.2) is 9.29 Å². The van der Waals surface area contributed by atoms with Crippen molar-refractivity contribution in [2.45, 2.75) is 81.6 Å². The van der Waals surface area contributed by atoms with Crippen LogP contribution in [0, 0.1) is 11.7 Å². The van der Waals surface area contributed by atoms with E-state index in [1.807, 2.05) is 0 Å². The first-order valence-electron chi connectivity index (χ1n) is 12.6. The third-order valence-corrected chi connectivity index (χ3v) is 8.38. The van der Waals surface area contributed by atoms with Gasteiger partial charge in [0.25, 0.3) is 0 Å². The fraction of sp³-hybridized carbons (Fsp3) is 0.708. The van der Waals surface area contributed by atoms with Crippen LogP contribution in [0.5, 0.6) is 0 Å². The van der Waals surface area contributed by atoms with E-state index in [-0.39, 0.29) is 29.5 Å². The number of primary amides is 1. The largest absolute Gasteiger partial charge is 0.379 e. The summed E-state index contributed by atoms with van der Waals surface area (Å²) in [6.07, 6.45) is -0.658. The minimum Gasteiger partial charge on any atom is -0.379 e. The van der Waals surface area contributed by atoms with Gasteiger partial charge in [-0.05, 0) is 50.7 Å². The molecule has 3 fully saturated rings. The van der Waals surface area contributed by atoms with Gasteiger partial charge in [0, 0.05) is 48.3 Å². The van der Waals surface area contributed by atoms with E-state index in [9.17, 15) is 25.2 Å². The van der Waals surface area contributed by atoms with Gasteiger partial charge in [-0.15, -0.1) is 0 Å². The number of benzene rings is 1. The predicted molar refractivity (Wildman–Crippen MR) is 124 cm³/mol.